The Morgan fingerprint density at radius 3 is 1.94 bits per heavy atom. The predicted molar refractivity (Wildman–Crippen MR) is 201 cm³/mol. The summed E-state index contributed by atoms with van der Waals surface area (Å²) in [5, 5.41) is 5.62. The minimum absolute atomic E-state index is 0.00695. The molecule has 1 saturated heterocycles. The molecule has 4 aromatic rings. The number of nitrogens with one attached hydrogen (secondary N) is 2. The Labute approximate surface area is 310 Å². The summed E-state index contributed by atoms with van der Waals surface area (Å²) in [6.07, 6.45) is 0.375. The molecule has 3 atom stereocenters. The van der Waals surface area contributed by atoms with E-state index in [0.717, 1.165) is 23.8 Å². The van der Waals surface area contributed by atoms with Gasteiger partial charge in [0.2, 0.25) is 0 Å². The summed E-state index contributed by atoms with van der Waals surface area (Å²) in [5.41, 5.74) is 2.33. The molecule has 0 saturated carbocycles. The number of hydrogen-bond acceptors (Lipinski definition) is 9. The van der Waals surface area contributed by atoms with Crippen LogP contribution < -0.4 is 15.2 Å². The van der Waals surface area contributed by atoms with Crippen molar-refractivity contribution in [3.05, 3.63) is 138 Å². The Bertz CT molecular complexity index is 1730. The van der Waals surface area contributed by atoms with E-state index < -0.39 is 49.2 Å². The Morgan fingerprint density at radius 2 is 1.38 bits per heavy atom. The average molecular weight is 746 g/mol. The number of likely N-dealkylation sites (tertiary alicyclic amines) is 1. The molecule has 282 valence electrons. The summed E-state index contributed by atoms with van der Waals surface area (Å²) in [7, 11) is -2.93. The number of carbonyl (C=O) groups excluding carboxylic acids is 3. The maximum atomic E-state index is 14.8. The number of nitrogens with zero attached hydrogens (tertiary/aromatic N) is 1. The van der Waals surface area contributed by atoms with Gasteiger partial charge in [-0.15, -0.1) is 0 Å². The first-order chi connectivity index (χ1) is 25.6. The summed E-state index contributed by atoms with van der Waals surface area (Å²) in [4.78, 5) is 67.5. The van der Waals surface area contributed by atoms with E-state index in [9.17, 15) is 24.2 Å². The molecular weight excluding hydrogens is 697 g/mol. The number of rotatable bonds is 17. The van der Waals surface area contributed by atoms with Gasteiger partial charge in [-0.05, 0) is 0 Å². The van der Waals surface area contributed by atoms with Crippen molar-refractivity contribution in [1.82, 2.24) is 15.5 Å². The molecule has 1 fully saturated rings. The van der Waals surface area contributed by atoms with Gasteiger partial charge >= 0.3 is 281 Å². The van der Waals surface area contributed by atoms with Crippen molar-refractivity contribution in [2.75, 3.05) is 27.4 Å². The third-order valence-electron chi connectivity index (χ3n) is 9.27. The van der Waals surface area contributed by atoms with Crippen molar-refractivity contribution in [1.29, 1.82) is 0 Å². The van der Waals surface area contributed by atoms with Gasteiger partial charge in [0.1, 0.15) is 0 Å². The standard InChI is InChI=1S/C40H48N3O9P/c1-49-28-16-26-35(53(47,48,50-2)52-33-23-13-6-14-24-33)41-38(44)34-25-15-27-43(34)39(45)37(42-40(46)51-29-30-17-7-3-8-18-30)36(31-19-9-4-10-20-31)32-21-11-5-12-22-32/h3-14,17-24,34-37,47-48H,15-16,25-29H2,1-2H3,(H,41,44)(H,42,46). The zero-order chi connectivity index (χ0) is 37.7. The van der Waals surface area contributed by atoms with Crippen molar-refractivity contribution < 1.29 is 42.7 Å². The summed E-state index contributed by atoms with van der Waals surface area (Å²) in [6.45, 7) is 0.495. The van der Waals surface area contributed by atoms with E-state index in [1.54, 1.807) is 30.3 Å². The van der Waals surface area contributed by atoms with E-state index >= 15 is 0 Å². The van der Waals surface area contributed by atoms with Crippen molar-refractivity contribution >= 4 is 25.4 Å². The van der Waals surface area contributed by atoms with E-state index in [1.165, 1.54) is 12.0 Å². The van der Waals surface area contributed by atoms with E-state index in [0.29, 0.717) is 19.3 Å². The van der Waals surface area contributed by atoms with Crippen LogP contribution in [-0.4, -0.2) is 77.8 Å². The molecule has 3 amide bonds. The number of methoxy groups -OCH3 is 1. The van der Waals surface area contributed by atoms with Crippen LogP contribution >= 0.6 is 7.51 Å². The third kappa shape index (κ3) is 10.2. The van der Waals surface area contributed by atoms with Gasteiger partial charge in [0, 0.05) is 0 Å². The van der Waals surface area contributed by atoms with E-state index in [4.69, 9.17) is 18.5 Å². The second kappa shape index (κ2) is 18.3. The molecule has 13 heteroatoms. The molecule has 1 aliphatic heterocycles. The molecule has 3 unspecified atom stereocenters. The molecule has 1 heterocycles. The molecule has 53 heavy (non-hydrogen) atoms. The average Bonchev–Trinajstić information content (AvgIpc) is 3.68. The third-order valence-corrected chi connectivity index (χ3v) is 12.0. The number of alkyl carbamates (subject to hydrolysis) is 1. The zero-order valence-electron chi connectivity index (χ0n) is 30.0. The van der Waals surface area contributed by atoms with Crippen LogP contribution in [0, 0.1) is 0 Å². The number of hydrogen-bond donors (Lipinski definition) is 4. The number of benzene rings is 4. The Morgan fingerprint density at radius 1 is 0.811 bits per heavy atom. The second-order valence-electron chi connectivity index (χ2n) is 12.9. The maximum absolute atomic E-state index is 14.8. The van der Waals surface area contributed by atoms with Crippen LogP contribution in [0.5, 0.6) is 5.75 Å². The van der Waals surface area contributed by atoms with Crippen LogP contribution in [0.25, 0.3) is 0 Å². The number of para-hydroxylation sites is 1. The molecule has 4 N–H and O–H groups in total. The van der Waals surface area contributed by atoms with Gasteiger partial charge in [-0.3, -0.25) is 0 Å². The number of ether oxygens (including phenoxy) is 2. The fourth-order valence-corrected chi connectivity index (χ4v) is 8.50. The van der Waals surface area contributed by atoms with E-state index in [2.05, 4.69) is 10.6 Å². The van der Waals surface area contributed by atoms with Crippen molar-refractivity contribution in [2.45, 2.75) is 56.1 Å². The zero-order valence-corrected chi connectivity index (χ0v) is 30.8. The Kier molecular flexibility index (Phi) is 13.6. The fourth-order valence-electron chi connectivity index (χ4n) is 6.55. The Hall–Kier alpha value is -4.84. The van der Waals surface area contributed by atoms with Crippen LogP contribution in [0.4, 0.5) is 4.79 Å². The normalized spacial score (nSPS) is 16.2. The van der Waals surface area contributed by atoms with Gasteiger partial charge in [0.05, 0.1) is 0 Å². The molecule has 0 bridgehead atoms. The van der Waals surface area contributed by atoms with Gasteiger partial charge < -0.3 is 0 Å². The fraction of sp³-hybridized carbons (Fsp3) is 0.325. The molecule has 4 aromatic carbocycles. The Balaban J connectivity index is 1.45. The van der Waals surface area contributed by atoms with Crippen LogP contribution in [0.3, 0.4) is 0 Å². The number of carbonyl (C=O) groups is 3. The summed E-state index contributed by atoms with van der Waals surface area (Å²) in [5.74, 6) is -3.02. The summed E-state index contributed by atoms with van der Waals surface area (Å²) in [6, 6.07) is 33.9. The molecule has 12 nitrogen and oxygen atoms in total. The van der Waals surface area contributed by atoms with Crippen LogP contribution in [0.15, 0.2) is 121 Å². The van der Waals surface area contributed by atoms with Gasteiger partial charge in [-0.2, -0.15) is 0 Å². The van der Waals surface area contributed by atoms with Crippen LogP contribution in [0.2, 0.25) is 0 Å². The molecule has 1 aliphatic rings. The monoisotopic (exact) mass is 745 g/mol. The molecule has 0 aromatic heterocycles. The van der Waals surface area contributed by atoms with Crippen molar-refractivity contribution in [3.63, 3.8) is 0 Å². The van der Waals surface area contributed by atoms with E-state index in [1.807, 2.05) is 91.0 Å². The second-order valence-corrected chi connectivity index (χ2v) is 15.9. The van der Waals surface area contributed by atoms with E-state index in [-0.39, 0.29) is 31.9 Å². The topological polar surface area (TPSA) is 156 Å². The van der Waals surface area contributed by atoms with Crippen molar-refractivity contribution in [2.24, 2.45) is 0 Å². The molecule has 0 radical (unpaired) electrons. The van der Waals surface area contributed by atoms with Gasteiger partial charge in [0.15, 0.2) is 0 Å². The molecule has 0 aliphatic carbocycles. The summed E-state index contributed by atoms with van der Waals surface area (Å²) >= 11 is 0. The first-order valence-electron chi connectivity index (χ1n) is 17.6. The molecule has 0 spiro atoms. The van der Waals surface area contributed by atoms with Gasteiger partial charge in [-0.1, -0.05) is 30.3 Å². The minimum atomic E-state index is -5.56. The van der Waals surface area contributed by atoms with Gasteiger partial charge in [0.25, 0.3) is 0 Å². The molecular formula is C40H48N3O9P. The first-order valence-corrected chi connectivity index (χ1v) is 19.7. The summed E-state index contributed by atoms with van der Waals surface area (Å²) < 4.78 is 21.9. The van der Waals surface area contributed by atoms with Gasteiger partial charge in [-0.25, -0.2) is 0 Å². The quantitative estimate of drug-likeness (QED) is 0.0764. The molecule has 5 rings (SSSR count). The van der Waals surface area contributed by atoms with Crippen LogP contribution in [-0.2, 0) is 30.2 Å². The first kappa shape index (κ1) is 39.4. The predicted octanol–water partition coefficient (Wildman–Crippen LogP) is 5.90. The SMILES string of the molecule is COCCCC(NC(=O)C1CCCN1C(=O)C(NC(=O)OCc1ccccc1)C(c1ccccc1)c1ccccc1)P(O)(O)(OC)Oc1ccccc1. The number of amides is 3. The van der Waals surface area contributed by atoms with Crippen molar-refractivity contribution in [3.8, 4) is 5.75 Å². The van der Waals surface area contributed by atoms with Crippen LogP contribution in [0.1, 0.15) is 48.3 Å².